The first-order valence-corrected chi connectivity index (χ1v) is 7.13. The first-order valence-electron chi connectivity index (χ1n) is 7.13. The molecular formula is C18H10F3N3O. The Balaban J connectivity index is 1.96. The molecule has 0 unspecified atom stereocenters. The molecule has 2 aromatic carbocycles. The van der Waals surface area contributed by atoms with Crippen LogP contribution in [-0.2, 0) is 0 Å². The number of hydrogen-bond acceptors (Lipinski definition) is 2. The van der Waals surface area contributed by atoms with E-state index < -0.39 is 23.4 Å². The molecule has 0 spiro atoms. The van der Waals surface area contributed by atoms with Crippen LogP contribution < -0.4 is 5.32 Å². The molecule has 3 aromatic rings. The lowest BCUT2D eigenvalue weighted by Gasteiger charge is -2.11. The maximum absolute atomic E-state index is 13.5. The summed E-state index contributed by atoms with van der Waals surface area (Å²) in [6.45, 7) is 0. The number of benzene rings is 2. The van der Waals surface area contributed by atoms with Crippen molar-refractivity contribution in [2.75, 3.05) is 5.32 Å². The second-order valence-electron chi connectivity index (χ2n) is 5.17. The first-order chi connectivity index (χ1) is 12.0. The van der Waals surface area contributed by atoms with Gasteiger partial charge < -0.3 is 10.3 Å². The van der Waals surface area contributed by atoms with Crippen molar-refractivity contribution in [1.82, 2.24) is 4.98 Å². The predicted octanol–water partition coefficient (Wildman–Crippen LogP) is 4.22. The van der Waals surface area contributed by atoms with Crippen LogP contribution in [0.5, 0.6) is 0 Å². The van der Waals surface area contributed by atoms with Gasteiger partial charge in [0.25, 0.3) is 5.91 Å². The van der Waals surface area contributed by atoms with Crippen molar-refractivity contribution in [2.45, 2.75) is 0 Å². The molecule has 0 aliphatic heterocycles. The Labute approximate surface area is 140 Å². The number of nitrogens with zero attached hydrogens (tertiary/aromatic N) is 1. The summed E-state index contributed by atoms with van der Waals surface area (Å²) in [5, 5.41) is 11.4. The Hall–Kier alpha value is -3.53. The van der Waals surface area contributed by atoms with E-state index in [1.54, 1.807) is 18.2 Å². The summed E-state index contributed by atoms with van der Waals surface area (Å²) in [6.07, 6.45) is 1.38. The quantitative estimate of drug-likeness (QED) is 0.700. The van der Waals surface area contributed by atoms with Gasteiger partial charge in [0, 0.05) is 17.4 Å². The van der Waals surface area contributed by atoms with E-state index in [2.05, 4.69) is 10.3 Å². The highest BCUT2D eigenvalue weighted by Gasteiger charge is 2.15. The van der Waals surface area contributed by atoms with Crippen LogP contribution in [0.15, 0.2) is 48.7 Å². The number of amides is 1. The maximum atomic E-state index is 13.5. The molecule has 0 aliphatic carbocycles. The molecule has 0 bridgehead atoms. The molecule has 4 nitrogen and oxygen atoms in total. The summed E-state index contributed by atoms with van der Waals surface area (Å²) in [4.78, 5) is 14.9. The monoisotopic (exact) mass is 341 g/mol. The standard InChI is InChI=1S/C18H10F3N3O/c19-13-6-11(7-14(20)17(13)21)12-3-1-2-4-15(12)24-18(25)16-5-10(8-22)9-23-16/h1-7,9,23H,(H,24,25). The maximum Gasteiger partial charge on any atom is 0.272 e. The van der Waals surface area contributed by atoms with Crippen molar-refractivity contribution in [3.05, 3.63) is 77.4 Å². The average Bonchev–Trinajstić information content (AvgIpc) is 3.09. The van der Waals surface area contributed by atoms with Gasteiger partial charge in [0.15, 0.2) is 17.5 Å². The number of halogens is 3. The van der Waals surface area contributed by atoms with Gasteiger partial charge in [-0.1, -0.05) is 18.2 Å². The Kier molecular flexibility index (Phi) is 4.27. The number of aromatic nitrogens is 1. The normalized spacial score (nSPS) is 10.3. The van der Waals surface area contributed by atoms with Gasteiger partial charge in [-0.15, -0.1) is 0 Å². The van der Waals surface area contributed by atoms with Gasteiger partial charge in [-0.25, -0.2) is 13.2 Å². The second-order valence-corrected chi connectivity index (χ2v) is 5.17. The number of nitrogens with one attached hydrogen (secondary N) is 2. The zero-order chi connectivity index (χ0) is 18.0. The molecule has 1 amide bonds. The van der Waals surface area contributed by atoms with Crippen LogP contribution >= 0.6 is 0 Å². The highest BCUT2D eigenvalue weighted by atomic mass is 19.2. The third-order valence-electron chi connectivity index (χ3n) is 3.53. The number of aromatic amines is 1. The van der Waals surface area contributed by atoms with E-state index in [0.29, 0.717) is 11.1 Å². The van der Waals surface area contributed by atoms with E-state index in [9.17, 15) is 18.0 Å². The van der Waals surface area contributed by atoms with E-state index in [4.69, 9.17) is 5.26 Å². The summed E-state index contributed by atoms with van der Waals surface area (Å²) in [6, 6.07) is 11.3. The highest BCUT2D eigenvalue weighted by molar-refractivity contribution is 6.05. The lowest BCUT2D eigenvalue weighted by Crippen LogP contribution is -2.13. The number of carbonyl (C=O) groups is 1. The largest absolute Gasteiger partial charge is 0.356 e. The number of carbonyl (C=O) groups excluding carboxylic acids is 1. The van der Waals surface area contributed by atoms with Crippen molar-refractivity contribution in [2.24, 2.45) is 0 Å². The fraction of sp³-hybridized carbons (Fsp3) is 0. The van der Waals surface area contributed by atoms with Gasteiger partial charge >= 0.3 is 0 Å². The number of rotatable bonds is 3. The fourth-order valence-electron chi connectivity index (χ4n) is 2.33. The molecule has 1 heterocycles. The van der Waals surface area contributed by atoms with Crippen molar-refractivity contribution >= 4 is 11.6 Å². The molecule has 0 radical (unpaired) electrons. The number of para-hydroxylation sites is 1. The van der Waals surface area contributed by atoms with Crippen molar-refractivity contribution in [3.8, 4) is 17.2 Å². The van der Waals surface area contributed by atoms with Gasteiger partial charge in [-0.05, 0) is 29.8 Å². The minimum Gasteiger partial charge on any atom is -0.356 e. The number of nitriles is 1. The lowest BCUT2D eigenvalue weighted by atomic mass is 10.0. The average molecular weight is 341 g/mol. The van der Waals surface area contributed by atoms with Gasteiger partial charge in [-0.3, -0.25) is 4.79 Å². The van der Waals surface area contributed by atoms with Crippen LogP contribution in [0.1, 0.15) is 16.1 Å². The van der Waals surface area contributed by atoms with Gasteiger partial charge in [0.2, 0.25) is 0 Å². The molecular weight excluding hydrogens is 331 g/mol. The van der Waals surface area contributed by atoms with Crippen LogP contribution in [0.25, 0.3) is 11.1 Å². The van der Waals surface area contributed by atoms with E-state index in [1.807, 2.05) is 6.07 Å². The molecule has 1 aromatic heterocycles. The Morgan fingerprint density at radius 2 is 1.76 bits per heavy atom. The Morgan fingerprint density at radius 3 is 2.40 bits per heavy atom. The van der Waals surface area contributed by atoms with E-state index in [1.165, 1.54) is 18.3 Å². The number of H-pyrrole nitrogens is 1. The van der Waals surface area contributed by atoms with Crippen molar-refractivity contribution < 1.29 is 18.0 Å². The smallest absolute Gasteiger partial charge is 0.272 e. The third kappa shape index (κ3) is 3.23. The van der Waals surface area contributed by atoms with Crippen LogP contribution in [0, 0.1) is 28.8 Å². The van der Waals surface area contributed by atoms with Crippen molar-refractivity contribution in [3.63, 3.8) is 0 Å². The fourth-order valence-corrected chi connectivity index (χ4v) is 2.33. The second kappa shape index (κ2) is 6.53. The predicted molar refractivity (Wildman–Crippen MR) is 85.2 cm³/mol. The van der Waals surface area contributed by atoms with Crippen molar-refractivity contribution in [1.29, 1.82) is 5.26 Å². The SMILES string of the molecule is N#Cc1c[nH]c(C(=O)Nc2ccccc2-c2cc(F)c(F)c(F)c2)c1. The van der Waals surface area contributed by atoms with Crippen LogP contribution in [0.3, 0.4) is 0 Å². The Bertz CT molecular complexity index is 982. The molecule has 3 rings (SSSR count). The molecule has 25 heavy (non-hydrogen) atoms. The van der Waals surface area contributed by atoms with Gasteiger partial charge in [0.05, 0.1) is 5.56 Å². The topological polar surface area (TPSA) is 68.7 Å². The summed E-state index contributed by atoms with van der Waals surface area (Å²) >= 11 is 0. The number of anilines is 1. The van der Waals surface area contributed by atoms with E-state index in [0.717, 1.165) is 12.1 Å². The zero-order valence-corrected chi connectivity index (χ0v) is 12.6. The zero-order valence-electron chi connectivity index (χ0n) is 12.6. The minimum atomic E-state index is -1.55. The molecule has 0 aliphatic rings. The van der Waals surface area contributed by atoms with Gasteiger partial charge in [0.1, 0.15) is 11.8 Å². The molecule has 124 valence electrons. The third-order valence-corrected chi connectivity index (χ3v) is 3.53. The molecule has 7 heteroatoms. The Morgan fingerprint density at radius 1 is 1.08 bits per heavy atom. The highest BCUT2D eigenvalue weighted by Crippen LogP contribution is 2.30. The summed E-state index contributed by atoms with van der Waals surface area (Å²) < 4.78 is 40.1. The minimum absolute atomic E-state index is 0.0801. The van der Waals surface area contributed by atoms with Crippen LogP contribution in [0.4, 0.5) is 18.9 Å². The summed E-state index contributed by atoms with van der Waals surface area (Å²) in [5.74, 6) is -4.73. The lowest BCUT2D eigenvalue weighted by molar-refractivity contribution is 0.102. The number of hydrogen-bond donors (Lipinski definition) is 2. The molecule has 0 saturated heterocycles. The first kappa shape index (κ1) is 16.3. The van der Waals surface area contributed by atoms with Gasteiger partial charge in [-0.2, -0.15) is 5.26 Å². The van der Waals surface area contributed by atoms with Crippen LogP contribution in [0.2, 0.25) is 0 Å². The molecule has 0 saturated carbocycles. The summed E-state index contributed by atoms with van der Waals surface area (Å²) in [5.41, 5.74) is 1.13. The molecule has 0 fully saturated rings. The van der Waals surface area contributed by atoms with E-state index >= 15 is 0 Å². The molecule has 0 atom stereocenters. The van der Waals surface area contributed by atoms with Crippen LogP contribution in [-0.4, -0.2) is 10.9 Å². The van der Waals surface area contributed by atoms with E-state index in [-0.39, 0.29) is 16.9 Å². The molecule has 2 N–H and O–H groups in total. The summed E-state index contributed by atoms with van der Waals surface area (Å²) in [7, 11) is 0.